The first-order valence-corrected chi connectivity index (χ1v) is 13.0. The first-order chi connectivity index (χ1) is 18.2. The zero-order chi connectivity index (χ0) is 26.7. The van der Waals surface area contributed by atoms with Crippen LogP contribution in [0.2, 0.25) is 5.02 Å². The molecule has 3 aromatic carbocycles. The van der Waals surface area contributed by atoms with Crippen molar-refractivity contribution in [1.82, 2.24) is 15.1 Å². The van der Waals surface area contributed by atoms with Gasteiger partial charge < -0.3 is 15.0 Å². The molecule has 6 nitrogen and oxygen atoms in total. The van der Waals surface area contributed by atoms with Crippen LogP contribution >= 0.6 is 11.6 Å². The van der Waals surface area contributed by atoms with Gasteiger partial charge in [-0.25, -0.2) is 4.68 Å². The average molecular weight is 525 g/mol. The molecule has 0 bridgehead atoms. The minimum Gasteiger partial charge on any atom is -0.495 e. The summed E-state index contributed by atoms with van der Waals surface area (Å²) in [6.07, 6.45) is 6.20. The molecule has 192 valence electrons. The predicted molar refractivity (Wildman–Crippen MR) is 152 cm³/mol. The Labute approximate surface area is 227 Å². The number of nitrogens with one attached hydrogen (secondary N) is 1. The number of aromatic nitrogens is 2. The Morgan fingerprint density at radius 1 is 1.08 bits per heavy atom. The lowest BCUT2D eigenvalue weighted by Gasteiger charge is -2.40. The minimum atomic E-state index is -0.704. The number of carbonyl (C=O) groups is 1. The number of ether oxygens (including phenoxy) is 1. The molecule has 1 fully saturated rings. The summed E-state index contributed by atoms with van der Waals surface area (Å²) in [6, 6.07) is 22.1. The molecular weight excluding hydrogens is 496 g/mol. The molecule has 1 N–H and O–H groups in total. The van der Waals surface area contributed by atoms with Crippen LogP contribution in [0.15, 0.2) is 79.0 Å². The van der Waals surface area contributed by atoms with Crippen LogP contribution in [0.25, 0.3) is 23.0 Å². The van der Waals surface area contributed by atoms with Crippen LogP contribution in [0.4, 0.5) is 5.69 Å². The fraction of sp³-hybridized carbons (Fsp3) is 0.226. The number of rotatable bonds is 5. The normalized spacial score (nSPS) is 19.5. The summed E-state index contributed by atoms with van der Waals surface area (Å²) in [6.45, 7) is 6.80. The number of carbonyl (C=O) groups excluding carboxylic acids is 1. The molecule has 6 rings (SSSR count). The third-order valence-corrected chi connectivity index (χ3v) is 8.11. The molecule has 7 heteroatoms. The minimum absolute atomic E-state index is 0.0103. The highest BCUT2D eigenvalue weighted by Gasteiger charge is 2.60. The Kier molecular flexibility index (Phi) is 5.61. The number of amides is 1. The second kappa shape index (κ2) is 8.77. The third kappa shape index (κ3) is 3.63. The topological polar surface area (TPSA) is 59.4 Å². The Morgan fingerprint density at radius 3 is 2.61 bits per heavy atom. The molecule has 1 amide bonds. The molecule has 3 heterocycles. The zero-order valence-electron chi connectivity index (χ0n) is 21.8. The largest absolute Gasteiger partial charge is 0.495 e. The molecule has 0 spiro atoms. The number of anilines is 1. The van der Waals surface area contributed by atoms with Gasteiger partial charge >= 0.3 is 0 Å². The van der Waals surface area contributed by atoms with Gasteiger partial charge in [-0.3, -0.25) is 4.79 Å². The van der Waals surface area contributed by atoms with E-state index < -0.39 is 5.66 Å². The first kappa shape index (κ1) is 24.3. The van der Waals surface area contributed by atoms with Crippen molar-refractivity contribution in [1.29, 1.82) is 0 Å². The Balaban J connectivity index is 1.49. The van der Waals surface area contributed by atoms with Gasteiger partial charge in [0, 0.05) is 28.4 Å². The number of halogens is 1. The van der Waals surface area contributed by atoms with E-state index in [4.69, 9.17) is 21.4 Å². The van der Waals surface area contributed by atoms with E-state index in [0.717, 1.165) is 28.2 Å². The Morgan fingerprint density at radius 2 is 1.87 bits per heavy atom. The molecular formula is C31H29ClN4O2. The number of nitrogens with zero attached hydrogens (tertiary/aromatic N) is 3. The number of fused-ring (bicyclic) bond motifs is 3. The maximum atomic E-state index is 12.8. The molecule has 0 aliphatic carbocycles. The summed E-state index contributed by atoms with van der Waals surface area (Å²) in [5, 5.41) is 8.77. The van der Waals surface area contributed by atoms with Crippen molar-refractivity contribution >= 4 is 29.3 Å². The molecule has 2 aliphatic rings. The molecule has 4 aromatic rings. The van der Waals surface area contributed by atoms with E-state index in [-0.39, 0.29) is 11.3 Å². The first-order valence-electron chi connectivity index (χ1n) is 12.6. The van der Waals surface area contributed by atoms with E-state index in [9.17, 15) is 4.79 Å². The van der Waals surface area contributed by atoms with Crippen molar-refractivity contribution in [3.8, 4) is 22.7 Å². The summed E-state index contributed by atoms with van der Waals surface area (Å²) in [4.78, 5) is 15.0. The highest BCUT2D eigenvalue weighted by molar-refractivity contribution is 6.32. The molecule has 38 heavy (non-hydrogen) atoms. The maximum Gasteiger partial charge on any atom is 0.241 e. The zero-order valence-corrected chi connectivity index (χ0v) is 22.6. The van der Waals surface area contributed by atoms with Crippen molar-refractivity contribution in [3.05, 3.63) is 101 Å². The van der Waals surface area contributed by atoms with Crippen LogP contribution in [0, 0.1) is 6.92 Å². The molecule has 0 radical (unpaired) electrons. The number of methoxy groups -OCH3 is 1. The SMILES string of the molecule is COc1ccc(-c2nn(-c3ccccc3)cc2C=CC23NC(=O)CN2c2ccc(C)cc2C3(C)C)cc1Cl. The summed E-state index contributed by atoms with van der Waals surface area (Å²) < 4.78 is 7.23. The van der Waals surface area contributed by atoms with Crippen molar-refractivity contribution in [2.24, 2.45) is 0 Å². The monoisotopic (exact) mass is 524 g/mol. The average Bonchev–Trinajstić information content (AvgIpc) is 3.53. The maximum absolute atomic E-state index is 12.8. The summed E-state index contributed by atoms with van der Waals surface area (Å²) >= 11 is 6.49. The lowest BCUT2D eigenvalue weighted by Crippen LogP contribution is -2.58. The van der Waals surface area contributed by atoms with Gasteiger partial charge in [-0.2, -0.15) is 5.10 Å². The molecule has 1 unspecified atom stereocenters. The highest BCUT2D eigenvalue weighted by Crippen LogP contribution is 2.53. The van der Waals surface area contributed by atoms with Crippen molar-refractivity contribution in [2.45, 2.75) is 31.8 Å². The molecule has 0 saturated carbocycles. The fourth-order valence-electron chi connectivity index (χ4n) is 5.76. The van der Waals surface area contributed by atoms with Crippen LogP contribution in [-0.4, -0.2) is 35.0 Å². The van der Waals surface area contributed by atoms with E-state index in [0.29, 0.717) is 17.3 Å². The quantitative estimate of drug-likeness (QED) is 0.340. The van der Waals surface area contributed by atoms with E-state index in [1.54, 1.807) is 7.11 Å². The van der Waals surface area contributed by atoms with Crippen LogP contribution in [0.3, 0.4) is 0 Å². The van der Waals surface area contributed by atoms with E-state index >= 15 is 0 Å². The molecule has 1 saturated heterocycles. The van der Waals surface area contributed by atoms with E-state index in [2.05, 4.69) is 61.3 Å². The lowest BCUT2D eigenvalue weighted by molar-refractivity contribution is -0.118. The second-order valence-corrected chi connectivity index (χ2v) is 10.8. The van der Waals surface area contributed by atoms with Crippen LogP contribution in [0.1, 0.15) is 30.5 Å². The Bertz CT molecular complexity index is 1590. The summed E-state index contributed by atoms with van der Waals surface area (Å²) in [7, 11) is 1.60. The van der Waals surface area contributed by atoms with Gasteiger partial charge in [0.1, 0.15) is 11.4 Å². The standard InChI is InChI=1S/C31H29ClN4O2/c1-20-10-12-26-24(16-20)30(2,3)31(33-28(37)19-35(26)31)15-14-22-18-36(23-8-6-5-7-9-23)34-29(22)21-11-13-27(38-4)25(32)17-21/h5-18H,19H2,1-4H3,(H,33,37). The number of hydrogen-bond donors (Lipinski definition) is 1. The molecule has 1 atom stereocenters. The highest BCUT2D eigenvalue weighted by atomic mass is 35.5. The van der Waals surface area contributed by atoms with Crippen molar-refractivity contribution < 1.29 is 9.53 Å². The van der Waals surface area contributed by atoms with Gasteiger partial charge in [0.15, 0.2) is 0 Å². The van der Waals surface area contributed by atoms with Crippen LogP contribution < -0.4 is 15.0 Å². The van der Waals surface area contributed by atoms with E-state index in [1.165, 1.54) is 11.1 Å². The summed E-state index contributed by atoms with van der Waals surface area (Å²) in [5.41, 5.74) is 5.96. The fourth-order valence-corrected chi connectivity index (χ4v) is 6.02. The van der Waals surface area contributed by atoms with Crippen LogP contribution in [0.5, 0.6) is 5.75 Å². The van der Waals surface area contributed by atoms with Gasteiger partial charge in [-0.05, 0) is 55.0 Å². The van der Waals surface area contributed by atoms with Gasteiger partial charge in [0.25, 0.3) is 0 Å². The number of aryl methyl sites for hydroxylation is 1. The van der Waals surface area contributed by atoms with Gasteiger partial charge in [0.2, 0.25) is 5.91 Å². The molecule has 1 aromatic heterocycles. The summed E-state index contributed by atoms with van der Waals surface area (Å²) in [5.74, 6) is 0.620. The molecule has 2 aliphatic heterocycles. The van der Waals surface area contributed by atoms with Gasteiger partial charge in [-0.15, -0.1) is 0 Å². The predicted octanol–water partition coefficient (Wildman–Crippen LogP) is 6.15. The van der Waals surface area contributed by atoms with Crippen molar-refractivity contribution in [3.63, 3.8) is 0 Å². The Hall–Kier alpha value is -4.03. The van der Waals surface area contributed by atoms with Crippen molar-refractivity contribution in [2.75, 3.05) is 18.6 Å². The number of benzene rings is 3. The van der Waals surface area contributed by atoms with Gasteiger partial charge in [0.05, 0.1) is 30.1 Å². The van der Waals surface area contributed by atoms with Gasteiger partial charge in [-0.1, -0.05) is 67.4 Å². The lowest BCUT2D eigenvalue weighted by atomic mass is 9.75. The smallest absolute Gasteiger partial charge is 0.241 e. The second-order valence-electron chi connectivity index (χ2n) is 10.4. The number of para-hydroxylation sites is 1. The number of hydrogen-bond acceptors (Lipinski definition) is 4. The van der Waals surface area contributed by atoms with E-state index in [1.807, 2.05) is 59.4 Å². The van der Waals surface area contributed by atoms with Crippen LogP contribution in [-0.2, 0) is 10.2 Å². The third-order valence-electron chi connectivity index (χ3n) is 7.82.